The Morgan fingerprint density at radius 2 is 2.41 bits per heavy atom. The van der Waals surface area contributed by atoms with E-state index in [2.05, 4.69) is 25.9 Å². The number of aromatic nitrogens is 2. The van der Waals surface area contributed by atoms with E-state index in [0.29, 0.717) is 21.0 Å². The molecule has 2 aromatic heterocycles. The van der Waals surface area contributed by atoms with Crippen molar-refractivity contribution in [1.29, 1.82) is 0 Å². The summed E-state index contributed by atoms with van der Waals surface area (Å²) in [6.45, 7) is 0.274. The van der Waals surface area contributed by atoms with Gasteiger partial charge in [0.05, 0.1) is 22.2 Å². The molecule has 0 radical (unpaired) electrons. The Balaban J connectivity index is 2.52. The number of methoxy groups -OCH3 is 1. The predicted molar refractivity (Wildman–Crippen MR) is 71.6 cm³/mol. The van der Waals surface area contributed by atoms with E-state index in [1.165, 1.54) is 11.3 Å². The molecule has 0 atom stereocenters. The van der Waals surface area contributed by atoms with Gasteiger partial charge in [-0.3, -0.25) is 4.79 Å². The van der Waals surface area contributed by atoms with E-state index in [1.54, 1.807) is 18.6 Å². The summed E-state index contributed by atoms with van der Waals surface area (Å²) in [4.78, 5) is 19.5. The van der Waals surface area contributed by atoms with E-state index in [9.17, 15) is 4.79 Å². The van der Waals surface area contributed by atoms with Crippen molar-refractivity contribution in [2.24, 2.45) is 0 Å². The highest BCUT2D eigenvalue weighted by Gasteiger charge is 2.11. The van der Waals surface area contributed by atoms with Crippen molar-refractivity contribution in [1.82, 2.24) is 9.97 Å². The van der Waals surface area contributed by atoms with Gasteiger partial charge in [-0.25, -0.2) is 4.98 Å². The largest absolute Gasteiger partial charge is 0.378 e. The minimum Gasteiger partial charge on any atom is -0.378 e. The number of halogens is 2. The zero-order valence-corrected chi connectivity index (χ0v) is 11.9. The number of rotatable bonds is 3. The van der Waals surface area contributed by atoms with Crippen LogP contribution in [0.4, 0.5) is 0 Å². The number of aromatic amines is 1. The Morgan fingerprint density at radius 1 is 1.65 bits per heavy atom. The van der Waals surface area contributed by atoms with Crippen molar-refractivity contribution in [2.45, 2.75) is 6.61 Å². The third-order valence-corrected chi connectivity index (χ3v) is 4.12. The van der Waals surface area contributed by atoms with Gasteiger partial charge in [-0.15, -0.1) is 11.3 Å². The van der Waals surface area contributed by atoms with Crippen molar-refractivity contribution in [2.75, 3.05) is 7.11 Å². The van der Waals surface area contributed by atoms with Crippen molar-refractivity contribution in [3.8, 4) is 10.7 Å². The lowest BCUT2D eigenvalue weighted by Crippen LogP contribution is -2.13. The van der Waals surface area contributed by atoms with Gasteiger partial charge in [-0.1, -0.05) is 11.6 Å². The third-order valence-electron chi connectivity index (χ3n) is 2.01. The van der Waals surface area contributed by atoms with Crippen LogP contribution in [0.3, 0.4) is 0 Å². The highest BCUT2D eigenvalue weighted by molar-refractivity contribution is 9.10. The van der Waals surface area contributed by atoms with Crippen LogP contribution in [0.1, 0.15) is 5.69 Å². The Hall–Kier alpha value is -0.690. The Labute approximate surface area is 115 Å². The number of H-pyrrole nitrogens is 1. The smallest absolute Gasteiger partial charge is 0.265 e. The number of ether oxygens (including phenoxy) is 1. The van der Waals surface area contributed by atoms with Gasteiger partial charge in [-0.2, -0.15) is 0 Å². The van der Waals surface area contributed by atoms with Crippen molar-refractivity contribution < 1.29 is 4.74 Å². The lowest BCUT2D eigenvalue weighted by Gasteiger charge is -2.04. The van der Waals surface area contributed by atoms with E-state index in [0.717, 1.165) is 4.88 Å². The molecule has 4 nitrogen and oxygen atoms in total. The molecule has 0 saturated heterocycles. The summed E-state index contributed by atoms with van der Waals surface area (Å²) in [5.41, 5.74) is 0.336. The second-order valence-electron chi connectivity index (χ2n) is 3.24. The number of hydrogen-bond acceptors (Lipinski definition) is 4. The van der Waals surface area contributed by atoms with Crippen LogP contribution in [0.15, 0.2) is 20.7 Å². The topological polar surface area (TPSA) is 55.0 Å². The van der Waals surface area contributed by atoms with E-state index in [-0.39, 0.29) is 12.2 Å². The van der Waals surface area contributed by atoms with E-state index in [4.69, 9.17) is 16.3 Å². The molecule has 0 aliphatic rings. The molecular weight excluding hydrogens is 328 g/mol. The summed E-state index contributed by atoms with van der Waals surface area (Å²) in [5, 5.41) is 2.42. The molecule has 0 unspecified atom stereocenters. The summed E-state index contributed by atoms with van der Waals surface area (Å²) in [6, 6.07) is 1.76. The summed E-state index contributed by atoms with van der Waals surface area (Å²) < 4.78 is 5.39. The fourth-order valence-electron chi connectivity index (χ4n) is 1.29. The van der Waals surface area contributed by atoms with Gasteiger partial charge < -0.3 is 9.72 Å². The summed E-state index contributed by atoms with van der Waals surface area (Å²) >= 11 is 10.4. The average molecular weight is 336 g/mol. The van der Waals surface area contributed by atoms with Gasteiger partial charge in [0, 0.05) is 12.5 Å². The van der Waals surface area contributed by atoms with Gasteiger partial charge in [0.15, 0.2) is 5.82 Å². The summed E-state index contributed by atoms with van der Waals surface area (Å²) in [6.07, 6.45) is 0. The van der Waals surface area contributed by atoms with Gasteiger partial charge in [0.1, 0.15) is 4.47 Å². The predicted octanol–water partition coefficient (Wildman–Crippen LogP) is 3.06. The number of nitrogens with zero attached hydrogens (tertiary/aromatic N) is 1. The molecular formula is C10H8BrClN2O2S. The average Bonchev–Trinajstić information content (AvgIpc) is 2.71. The zero-order valence-electron chi connectivity index (χ0n) is 8.79. The van der Waals surface area contributed by atoms with Crippen LogP contribution in [0, 0.1) is 0 Å². The summed E-state index contributed by atoms with van der Waals surface area (Å²) in [5.74, 6) is 0.502. The first-order chi connectivity index (χ1) is 8.11. The van der Waals surface area contributed by atoms with Crippen LogP contribution in [0.25, 0.3) is 10.7 Å². The molecule has 0 saturated carbocycles. The van der Waals surface area contributed by atoms with Crippen LogP contribution in [0.2, 0.25) is 5.02 Å². The second kappa shape index (κ2) is 5.30. The molecule has 0 bridgehead atoms. The number of thiophene rings is 1. The lowest BCUT2D eigenvalue weighted by molar-refractivity contribution is 0.180. The molecule has 2 aromatic rings. The molecule has 0 aliphatic carbocycles. The minimum absolute atomic E-state index is 0.230. The van der Waals surface area contributed by atoms with E-state index < -0.39 is 0 Å². The van der Waals surface area contributed by atoms with Gasteiger partial charge in [0.2, 0.25) is 0 Å². The van der Waals surface area contributed by atoms with Crippen LogP contribution in [-0.4, -0.2) is 17.1 Å². The maximum atomic E-state index is 11.7. The molecule has 2 rings (SSSR count). The monoisotopic (exact) mass is 334 g/mol. The zero-order chi connectivity index (χ0) is 12.4. The molecule has 0 aliphatic heterocycles. The molecule has 7 heteroatoms. The quantitative estimate of drug-likeness (QED) is 0.938. The fourth-order valence-corrected chi connectivity index (χ4v) is 2.61. The van der Waals surface area contributed by atoms with Crippen LogP contribution >= 0.6 is 38.9 Å². The summed E-state index contributed by atoms with van der Waals surface area (Å²) in [7, 11) is 1.55. The molecule has 2 heterocycles. The maximum absolute atomic E-state index is 11.7. The molecule has 0 spiro atoms. The van der Waals surface area contributed by atoms with Gasteiger partial charge >= 0.3 is 0 Å². The number of nitrogens with one attached hydrogen (secondary N) is 1. The first-order valence-electron chi connectivity index (χ1n) is 4.64. The van der Waals surface area contributed by atoms with Crippen molar-refractivity contribution >= 4 is 38.9 Å². The van der Waals surface area contributed by atoms with Crippen LogP contribution < -0.4 is 5.56 Å². The number of hydrogen-bond donors (Lipinski definition) is 1. The van der Waals surface area contributed by atoms with E-state index in [1.807, 2.05) is 0 Å². The molecule has 0 aromatic carbocycles. The Bertz CT molecular complexity index is 596. The maximum Gasteiger partial charge on any atom is 0.265 e. The molecule has 0 fully saturated rings. The first-order valence-corrected chi connectivity index (χ1v) is 6.69. The normalized spacial score (nSPS) is 10.8. The van der Waals surface area contributed by atoms with Gasteiger partial charge in [-0.05, 0) is 22.0 Å². The molecule has 17 heavy (non-hydrogen) atoms. The highest BCUT2D eigenvalue weighted by atomic mass is 79.9. The van der Waals surface area contributed by atoms with Crippen LogP contribution in [-0.2, 0) is 11.3 Å². The van der Waals surface area contributed by atoms with E-state index >= 15 is 0 Å². The third kappa shape index (κ3) is 2.77. The standard InChI is InChI=1S/C10H8BrClN2O2S/c1-16-3-6-8(11)10(15)14-9(13-6)7-2-5(12)4-17-7/h2,4H,3H2,1H3,(H,13,14,15). The van der Waals surface area contributed by atoms with Crippen LogP contribution in [0.5, 0.6) is 0 Å². The molecule has 90 valence electrons. The highest BCUT2D eigenvalue weighted by Crippen LogP contribution is 2.27. The van der Waals surface area contributed by atoms with Gasteiger partial charge in [0.25, 0.3) is 5.56 Å². The Kier molecular flexibility index (Phi) is 3.98. The first kappa shape index (κ1) is 12.8. The lowest BCUT2D eigenvalue weighted by atomic mass is 10.4. The Morgan fingerprint density at radius 3 is 3.00 bits per heavy atom. The molecule has 1 N–H and O–H groups in total. The van der Waals surface area contributed by atoms with Crippen molar-refractivity contribution in [3.63, 3.8) is 0 Å². The van der Waals surface area contributed by atoms with Crippen molar-refractivity contribution in [3.05, 3.63) is 37.0 Å². The SMILES string of the molecule is COCc1nc(-c2cc(Cl)cs2)[nH]c(=O)c1Br. The molecule has 0 amide bonds. The minimum atomic E-state index is -0.230. The second-order valence-corrected chi connectivity index (χ2v) is 5.38. The fraction of sp³-hybridized carbons (Fsp3) is 0.200.